The summed E-state index contributed by atoms with van der Waals surface area (Å²) in [5, 5.41) is 0. The molecule has 2 aliphatic carbocycles. The second kappa shape index (κ2) is 4.05. The summed E-state index contributed by atoms with van der Waals surface area (Å²) < 4.78 is 26.3. The fourth-order valence-corrected chi connectivity index (χ4v) is 3.75. The standard InChI is InChI=1S/C14H17F2N/c15-11-5-10(6-12(16)7-11)14(17)13-4-8-1-2-9(13)3-8/h5-9,13-14H,1-4,17H2. The van der Waals surface area contributed by atoms with Crippen molar-refractivity contribution in [2.24, 2.45) is 23.5 Å². The highest BCUT2D eigenvalue weighted by atomic mass is 19.1. The van der Waals surface area contributed by atoms with E-state index < -0.39 is 11.6 Å². The van der Waals surface area contributed by atoms with Gasteiger partial charge in [-0.25, -0.2) is 8.78 Å². The van der Waals surface area contributed by atoms with Crippen molar-refractivity contribution >= 4 is 0 Å². The summed E-state index contributed by atoms with van der Waals surface area (Å²) in [6.07, 6.45) is 4.94. The number of hydrogen-bond donors (Lipinski definition) is 1. The first-order chi connectivity index (χ1) is 8.13. The van der Waals surface area contributed by atoms with Gasteiger partial charge in [-0.3, -0.25) is 0 Å². The molecular weight excluding hydrogens is 220 g/mol. The first-order valence-corrected chi connectivity index (χ1v) is 6.35. The SMILES string of the molecule is NC(c1cc(F)cc(F)c1)C1CC2CCC1C2. The van der Waals surface area contributed by atoms with E-state index >= 15 is 0 Å². The summed E-state index contributed by atoms with van der Waals surface area (Å²) in [6.45, 7) is 0. The zero-order valence-electron chi connectivity index (χ0n) is 9.70. The van der Waals surface area contributed by atoms with E-state index in [2.05, 4.69) is 0 Å². The number of fused-ring (bicyclic) bond motifs is 2. The average Bonchev–Trinajstić information content (AvgIpc) is 2.88. The van der Waals surface area contributed by atoms with E-state index in [0.29, 0.717) is 17.4 Å². The second-order valence-electron chi connectivity index (χ2n) is 5.57. The summed E-state index contributed by atoms with van der Waals surface area (Å²) >= 11 is 0. The predicted octanol–water partition coefficient (Wildman–Crippen LogP) is 3.40. The molecule has 3 heteroatoms. The maximum atomic E-state index is 13.2. The number of hydrogen-bond acceptors (Lipinski definition) is 1. The molecule has 3 rings (SSSR count). The van der Waals surface area contributed by atoms with Gasteiger partial charge in [-0.15, -0.1) is 0 Å². The molecule has 0 saturated heterocycles. The van der Waals surface area contributed by atoms with E-state index in [-0.39, 0.29) is 6.04 Å². The van der Waals surface area contributed by atoms with Crippen LogP contribution < -0.4 is 5.73 Å². The number of benzene rings is 1. The Morgan fingerprint density at radius 3 is 2.29 bits per heavy atom. The Balaban J connectivity index is 1.83. The van der Waals surface area contributed by atoms with Crippen LogP contribution in [-0.2, 0) is 0 Å². The molecule has 0 radical (unpaired) electrons. The molecule has 92 valence electrons. The van der Waals surface area contributed by atoms with Gasteiger partial charge in [0, 0.05) is 12.1 Å². The molecular formula is C14H17F2N. The van der Waals surface area contributed by atoms with Crippen LogP contribution in [0.1, 0.15) is 37.3 Å². The molecule has 0 aromatic heterocycles. The fourth-order valence-electron chi connectivity index (χ4n) is 3.75. The smallest absolute Gasteiger partial charge is 0.126 e. The zero-order valence-corrected chi connectivity index (χ0v) is 9.70. The second-order valence-corrected chi connectivity index (χ2v) is 5.57. The van der Waals surface area contributed by atoms with Crippen LogP contribution in [0.15, 0.2) is 18.2 Å². The lowest BCUT2D eigenvalue weighted by Crippen LogP contribution is -2.26. The van der Waals surface area contributed by atoms with Crippen LogP contribution in [0.2, 0.25) is 0 Å². The van der Waals surface area contributed by atoms with Crippen LogP contribution >= 0.6 is 0 Å². The summed E-state index contributed by atoms with van der Waals surface area (Å²) in [6, 6.07) is 3.44. The molecule has 1 aromatic rings. The van der Waals surface area contributed by atoms with Gasteiger partial charge in [0.15, 0.2) is 0 Å². The minimum atomic E-state index is -0.529. The molecule has 2 saturated carbocycles. The molecule has 17 heavy (non-hydrogen) atoms. The highest BCUT2D eigenvalue weighted by Gasteiger charge is 2.42. The fraction of sp³-hybridized carbons (Fsp3) is 0.571. The van der Waals surface area contributed by atoms with E-state index in [1.807, 2.05) is 0 Å². The Bertz CT molecular complexity index is 412. The lowest BCUT2D eigenvalue weighted by Gasteiger charge is -2.28. The van der Waals surface area contributed by atoms with Crippen LogP contribution in [0.4, 0.5) is 8.78 Å². The summed E-state index contributed by atoms with van der Waals surface area (Å²) in [5.74, 6) is 0.822. The summed E-state index contributed by atoms with van der Waals surface area (Å²) in [5.41, 5.74) is 6.80. The highest BCUT2D eigenvalue weighted by molar-refractivity contribution is 5.22. The molecule has 0 spiro atoms. The molecule has 4 unspecified atom stereocenters. The van der Waals surface area contributed by atoms with Crippen molar-refractivity contribution in [3.63, 3.8) is 0 Å². The maximum absolute atomic E-state index is 13.2. The predicted molar refractivity (Wildman–Crippen MR) is 62.2 cm³/mol. The van der Waals surface area contributed by atoms with Gasteiger partial charge in [0.2, 0.25) is 0 Å². The normalized spacial score (nSPS) is 33.0. The quantitative estimate of drug-likeness (QED) is 0.838. The third-order valence-corrected chi connectivity index (χ3v) is 4.52. The molecule has 2 bridgehead atoms. The third kappa shape index (κ3) is 1.97. The van der Waals surface area contributed by atoms with E-state index in [0.717, 1.165) is 18.4 Å². The van der Waals surface area contributed by atoms with Crippen LogP contribution in [0.5, 0.6) is 0 Å². The lowest BCUT2D eigenvalue weighted by atomic mass is 9.81. The molecule has 0 aliphatic heterocycles. The molecule has 0 amide bonds. The van der Waals surface area contributed by atoms with Gasteiger partial charge in [0.05, 0.1) is 0 Å². The van der Waals surface area contributed by atoms with E-state index in [4.69, 9.17) is 5.73 Å². The van der Waals surface area contributed by atoms with Crippen molar-refractivity contribution in [2.75, 3.05) is 0 Å². The molecule has 4 atom stereocenters. The molecule has 2 aliphatic rings. The van der Waals surface area contributed by atoms with Gasteiger partial charge in [0.1, 0.15) is 11.6 Å². The van der Waals surface area contributed by atoms with E-state index in [1.54, 1.807) is 0 Å². The number of nitrogens with two attached hydrogens (primary N) is 1. The van der Waals surface area contributed by atoms with Crippen molar-refractivity contribution in [1.82, 2.24) is 0 Å². The minimum Gasteiger partial charge on any atom is -0.324 e. The minimum absolute atomic E-state index is 0.213. The molecule has 1 nitrogen and oxygen atoms in total. The Morgan fingerprint density at radius 1 is 1.06 bits per heavy atom. The van der Waals surface area contributed by atoms with Gasteiger partial charge < -0.3 is 5.73 Å². The van der Waals surface area contributed by atoms with Crippen LogP contribution in [0.25, 0.3) is 0 Å². The zero-order chi connectivity index (χ0) is 12.0. The number of halogens is 2. The van der Waals surface area contributed by atoms with Crippen molar-refractivity contribution < 1.29 is 8.78 Å². The number of rotatable bonds is 2. The van der Waals surface area contributed by atoms with E-state index in [1.165, 1.54) is 31.4 Å². The van der Waals surface area contributed by atoms with Crippen molar-refractivity contribution in [2.45, 2.75) is 31.7 Å². The van der Waals surface area contributed by atoms with Crippen molar-refractivity contribution in [1.29, 1.82) is 0 Å². The van der Waals surface area contributed by atoms with Crippen molar-refractivity contribution in [3.05, 3.63) is 35.4 Å². The van der Waals surface area contributed by atoms with Gasteiger partial charge >= 0.3 is 0 Å². The van der Waals surface area contributed by atoms with Crippen LogP contribution in [0, 0.1) is 29.4 Å². The monoisotopic (exact) mass is 237 g/mol. The third-order valence-electron chi connectivity index (χ3n) is 4.52. The van der Waals surface area contributed by atoms with Gasteiger partial charge in [-0.2, -0.15) is 0 Å². The summed E-state index contributed by atoms with van der Waals surface area (Å²) in [4.78, 5) is 0. The van der Waals surface area contributed by atoms with Crippen LogP contribution in [-0.4, -0.2) is 0 Å². The first kappa shape index (κ1) is 11.1. The van der Waals surface area contributed by atoms with Gasteiger partial charge in [-0.1, -0.05) is 6.42 Å². The Morgan fingerprint density at radius 2 is 1.76 bits per heavy atom. The Hall–Kier alpha value is -0.960. The average molecular weight is 237 g/mol. The lowest BCUT2D eigenvalue weighted by molar-refractivity contribution is 0.283. The topological polar surface area (TPSA) is 26.0 Å². The van der Waals surface area contributed by atoms with Crippen LogP contribution in [0.3, 0.4) is 0 Å². The van der Waals surface area contributed by atoms with Gasteiger partial charge in [0.25, 0.3) is 0 Å². The highest BCUT2D eigenvalue weighted by Crippen LogP contribution is 2.51. The Kier molecular flexibility index (Phi) is 2.66. The van der Waals surface area contributed by atoms with Crippen molar-refractivity contribution in [3.8, 4) is 0 Å². The summed E-state index contributed by atoms with van der Waals surface area (Å²) in [7, 11) is 0. The maximum Gasteiger partial charge on any atom is 0.126 e. The first-order valence-electron chi connectivity index (χ1n) is 6.35. The molecule has 2 fully saturated rings. The Labute approximate surface area is 100 Å². The molecule has 0 heterocycles. The largest absolute Gasteiger partial charge is 0.324 e. The van der Waals surface area contributed by atoms with Gasteiger partial charge in [-0.05, 0) is 54.7 Å². The molecule has 1 aromatic carbocycles. The molecule has 2 N–H and O–H groups in total. The van der Waals surface area contributed by atoms with E-state index in [9.17, 15) is 8.78 Å².